The van der Waals surface area contributed by atoms with E-state index in [4.69, 9.17) is 9.47 Å². The second-order valence-electron chi connectivity index (χ2n) is 11.0. The Hall–Kier alpha value is -3.36. The lowest BCUT2D eigenvalue weighted by molar-refractivity contribution is 0.0161. The van der Waals surface area contributed by atoms with Crippen molar-refractivity contribution in [3.8, 4) is 5.75 Å². The summed E-state index contributed by atoms with van der Waals surface area (Å²) in [4.78, 5) is 29.2. The molecule has 2 aromatic rings. The van der Waals surface area contributed by atoms with Crippen LogP contribution in [0.5, 0.6) is 5.75 Å². The van der Waals surface area contributed by atoms with Crippen LogP contribution in [0.2, 0.25) is 0 Å². The van der Waals surface area contributed by atoms with Crippen LogP contribution in [-0.2, 0) is 17.8 Å². The number of ether oxygens (including phenoxy) is 2. The molecule has 0 atom stereocenters. The van der Waals surface area contributed by atoms with E-state index >= 15 is 0 Å². The van der Waals surface area contributed by atoms with Crippen molar-refractivity contribution in [2.75, 3.05) is 13.1 Å². The molecule has 3 rings (SSSR count). The molecule has 1 aliphatic rings. The third-order valence-electron chi connectivity index (χ3n) is 6.28. The van der Waals surface area contributed by atoms with Crippen LogP contribution < -0.4 is 10.1 Å². The maximum absolute atomic E-state index is 14.0. The summed E-state index contributed by atoms with van der Waals surface area (Å²) in [5.41, 5.74) is 1.40. The van der Waals surface area contributed by atoms with Gasteiger partial charge in [0.25, 0.3) is 0 Å². The predicted octanol–water partition coefficient (Wildman–Crippen LogP) is 6.17. The number of nitrogens with one attached hydrogen (secondary N) is 1. The van der Waals surface area contributed by atoms with E-state index in [1.165, 1.54) is 0 Å². The highest BCUT2D eigenvalue weighted by Gasteiger charge is 2.32. The molecule has 1 aliphatic heterocycles. The molecule has 9 heteroatoms. The maximum Gasteiger partial charge on any atom is 0.410 e. The van der Waals surface area contributed by atoms with Crippen LogP contribution in [0.3, 0.4) is 0 Å². The fourth-order valence-electron chi connectivity index (χ4n) is 4.33. The molecule has 0 aromatic heterocycles. The number of halogens is 2. The normalized spacial score (nSPS) is 14.4. The van der Waals surface area contributed by atoms with Crippen LogP contribution in [-0.4, -0.2) is 52.8 Å². The largest absolute Gasteiger partial charge is 0.491 e. The Kier molecular flexibility index (Phi) is 9.57. The zero-order chi connectivity index (χ0) is 28.0. The Morgan fingerprint density at radius 1 is 1.08 bits per heavy atom. The molecule has 0 radical (unpaired) electrons. The Bertz CT molecular complexity index is 1110. The molecule has 1 N–H and O–H groups in total. The minimum Gasteiger partial charge on any atom is -0.491 e. The van der Waals surface area contributed by atoms with E-state index in [2.05, 4.69) is 5.32 Å². The minimum atomic E-state index is -0.950. The van der Waals surface area contributed by atoms with Crippen LogP contribution in [0.15, 0.2) is 36.4 Å². The van der Waals surface area contributed by atoms with Crippen LogP contribution >= 0.6 is 0 Å². The second-order valence-corrected chi connectivity index (χ2v) is 11.0. The quantitative estimate of drug-likeness (QED) is 0.464. The molecular weight excluding hydrogens is 492 g/mol. The van der Waals surface area contributed by atoms with Gasteiger partial charge in [0.15, 0.2) is 11.6 Å². The molecule has 1 saturated heterocycles. The van der Waals surface area contributed by atoms with Crippen molar-refractivity contribution in [2.24, 2.45) is 0 Å². The number of benzene rings is 2. The lowest BCUT2D eigenvalue weighted by Gasteiger charge is -2.39. The van der Waals surface area contributed by atoms with Gasteiger partial charge in [-0.05, 0) is 95.3 Å². The number of hydrogen-bond acceptors (Lipinski definition) is 4. The van der Waals surface area contributed by atoms with Crippen molar-refractivity contribution in [2.45, 2.75) is 85.2 Å². The summed E-state index contributed by atoms with van der Waals surface area (Å²) in [6.07, 6.45) is 0.761. The SMILES string of the molecule is Cc1cc(F)c(F)cc1CN(C(=O)NCc1ccc(OC(C)C)cc1)C1CCN(C(=O)OC(C)(C)C)CC1. The number of rotatable bonds is 7. The van der Waals surface area contributed by atoms with Crippen molar-refractivity contribution in [1.82, 2.24) is 15.1 Å². The van der Waals surface area contributed by atoms with Gasteiger partial charge in [0.05, 0.1) is 6.10 Å². The molecule has 0 unspecified atom stereocenters. The number of likely N-dealkylation sites (tertiary alicyclic amines) is 1. The summed E-state index contributed by atoms with van der Waals surface area (Å²) in [6.45, 7) is 12.3. The highest BCUT2D eigenvalue weighted by atomic mass is 19.2. The van der Waals surface area contributed by atoms with E-state index in [1.54, 1.807) is 16.7 Å². The third kappa shape index (κ3) is 8.33. The van der Waals surface area contributed by atoms with E-state index in [9.17, 15) is 18.4 Å². The zero-order valence-electron chi connectivity index (χ0n) is 23.1. The average Bonchev–Trinajstić information content (AvgIpc) is 2.83. The first-order valence-corrected chi connectivity index (χ1v) is 13.0. The fourth-order valence-corrected chi connectivity index (χ4v) is 4.33. The number of carbonyl (C=O) groups excluding carboxylic acids is 2. The molecule has 1 heterocycles. The number of carbonyl (C=O) groups is 2. The fraction of sp³-hybridized carbons (Fsp3) is 0.517. The molecule has 208 valence electrons. The van der Waals surface area contributed by atoms with E-state index in [-0.39, 0.29) is 30.8 Å². The molecule has 38 heavy (non-hydrogen) atoms. The Balaban J connectivity index is 1.72. The van der Waals surface area contributed by atoms with Gasteiger partial charge in [0, 0.05) is 32.2 Å². The summed E-state index contributed by atoms with van der Waals surface area (Å²) >= 11 is 0. The highest BCUT2D eigenvalue weighted by molar-refractivity contribution is 5.75. The molecule has 1 fully saturated rings. The van der Waals surface area contributed by atoms with Crippen LogP contribution in [0.1, 0.15) is 64.2 Å². The van der Waals surface area contributed by atoms with Crippen molar-refractivity contribution in [1.29, 1.82) is 0 Å². The summed E-state index contributed by atoms with van der Waals surface area (Å²) in [6, 6.07) is 9.28. The first-order valence-electron chi connectivity index (χ1n) is 13.0. The molecular formula is C29H39F2N3O4. The Morgan fingerprint density at radius 3 is 2.26 bits per heavy atom. The summed E-state index contributed by atoms with van der Waals surface area (Å²) in [5, 5.41) is 2.96. The molecule has 0 saturated carbocycles. The van der Waals surface area contributed by atoms with E-state index < -0.39 is 17.2 Å². The van der Waals surface area contributed by atoms with Crippen LogP contribution in [0, 0.1) is 18.6 Å². The number of hydrogen-bond donors (Lipinski definition) is 1. The van der Waals surface area contributed by atoms with Crippen molar-refractivity contribution in [3.05, 3.63) is 64.7 Å². The first-order chi connectivity index (χ1) is 17.8. The molecule has 2 aromatic carbocycles. The molecule has 0 bridgehead atoms. The third-order valence-corrected chi connectivity index (χ3v) is 6.28. The van der Waals surface area contributed by atoms with Gasteiger partial charge in [-0.3, -0.25) is 0 Å². The number of piperidine rings is 1. The second kappa shape index (κ2) is 12.5. The lowest BCUT2D eigenvalue weighted by atomic mass is 10.0. The lowest BCUT2D eigenvalue weighted by Crippen LogP contribution is -2.51. The van der Waals surface area contributed by atoms with Gasteiger partial charge in [0.1, 0.15) is 11.4 Å². The zero-order valence-corrected chi connectivity index (χ0v) is 23.1. The van der Waals surface area contributed by atoms with Crippen molar-refractivity contribution in [3.63, 3.8) is 0 Å². The number of amides is 3. The Morgan fingerprint density at radius 2 is 1.68 bits per heavy atom. The molecule has 0 aliphatic carbocycles. The van der Waals surface area contributed by atoms with Crippen LogP contribution in [0.4, 0.5) is 18.4 Å². The molecule has 7 nitrogen and oxygen atoms in total. The molecule has 0 spiro atoms. The summed E-state index contributed by atoms with van der Waals surface area (Å²) < 4.78 is 38.9. The first kappa shape index (κ1) is 29.2. The summed E-state index contributed by atoms with van der Waals surface area (Å²) in [5.74, 6) is -1.12. The number of aryl methyl sites for hydroxylation is 1. The van der Waals surface area contributed by atoms with Gasteiger partial charge in [-0.2, -0.15) is 0 Å². The van der Waals surface area contributed by atoms with Gasteiger partial charge in [-0.15, -0.1) is 0 Å². The van der Waals surface area contributed by atoms with E-state index in [0.29, 0.717) is 43.6 Å². The van der Waals surface area contributed by atoms with Gasteiger partial charge < -0.3 is 24.6 Å². The van der Waals surface area contributed by atoms with Gasteiger partial charge >= 0.3 is 12.1 Å². The van der Waals surface area contributed by atoms with Gasteiger partial charge in [-0.25, -0.2) is 18.4 Å². The standard InChI is InChI=1S/C29H39F2N3O4/c1-19(2)37-24-9-7-21(8-10-24)17-32-27(35)34(18-22-16-26(31)25(30)15-20(22)3)23-11-13-33(14-12-23)28(36)38-29(4,5)6/h7-10,15-16,19,23H,11-14,17-18H2,1-6H3,(H,32,35). The van der Waals surface area contributed by atoms with Crippen molar-refractivity contribution >= 4 is 12.1 Å². The summed E-state index contributed by atoms with van der Waals surface area (Å²) in [7, 11) is 0. The topological polar surface area (TPSA) is 71.1 Å². The maximum atomic E-state index is 14.0. The Labute approximate surface area is 224 Å². The number of urea groups is 1. The van der Waals surface area contributed by atoms with E-state index in [1.807, 2.05) is 58.9 Å². The molecule has 3 amide bonds. The average molecular weight is 532 g/mol. The van der Waals surface area contributed by atoms with E-state index in [0.717, 1.165) is 23.4 Å². The number of nitrogens with zero attached hydrogens (tertiary/aromatic N) is 2. The minimum absolute atomic E-state index is 0.0654. The smallest absolute Gasteiger partial charge is 0.410 e. The predicted molar refractivity (Wildman–Crippen MR) is 142 cm³/mol. The monoisotopic (exact) mass is 531 g/mol. The van der Waals surface area contributed by atoms with Crippen molar-refractivity contribution < 1.29 is 27.8 Å². The van der Waals surface area contributed by atoms with Crippen LogP contribution in [0.25, 0.3) is 0 Å². The highest BCUT2D eigenvalue weighted by Crippen LogP contribution is 2.24. The van der Waals surface area contributed by atoms with Gasteiger partial charge in [-0.1, -0.05) is 12.1 Å². The van der Waals surface area contributed by atoms with Gasteiger partial charge in [0.2, 0.25) is 0 Å².